The van der Waals surface area contributed by atoms with Gasteiger partial charge in [-0.05, 0) is 41.4 Å². The van der Waals surface area contributed by atoms with Gasteiger partial charge in [0.05, 0.1) is 22.6 Å². The van der Waals surface area contributed by atoms with Crippen molar-refractivity contribution in [1.29, 1.82) is 0 Å². The SMILES string of the molecule is Cc1cc(S(=O)(=O)N2CC(C)OC(CO)C2)sc1Br. The molecule has 1 fully saturated rings. The van der Waals surface area contributed by atoms with E-state index in [1.165, 1.54) is 15.6 Å². The Balaban J connectivity index is 2.28. The first-order chi connectivity index (χ1) is 8.84. The van der Waals surface area contributed by atoms with E-state index in [9.17, 15) is 8.42 Å². The molecule has 5 nitrogen and oxygen atoms in total. The lowest BCUT2D eigenvalue weighted by Gasteiger charge is -2.34. The molecule has 108 valence electrons. The summed E-state index contributed by atoms with van der Waals surface area (Å²) in [5.41, 5.74) is 0.906. The number of nitrogens with zero attached hydrogens (tertiary/aromatic N) is 1. The number of rotatable bonds is 3. The first-order valence-corrected chi connectivity index (χ1v) is 8.92. The predicted molar refractivity (Wildman–Crippen MR) is 76.9 cm³/mol. The van der Waals surface area contributed by atoms with Crippen LogP contribution >= 0.6 is 27.3 Å². The fourth-order valence-electron chi connectivity index (χ4n) is 1.99. The molecular formula is C11H16BrNO4S2. The van der Waals surface area contributed by atoms with Crippen LogP contribution < -0.4 is 0 Å². The van der Waals surface area contributed by atoms with E-state index in [1.54, 1.807) is 13.0 Å². The molecule has 1 aromatic heterocycles. The van der Waals surface area contributed by atoms with Crippen molar-refractivity contribution in [1.82, 2.24) is 4.31 Å². The van der Waals surface area contributed by atoms with E-state index in [1.807, 2.05) is 6.92 Å². The van der Waals surface area contributed by atoms with Crippen molar-refractivity contribution in [3.05, 3.63) is 15.4 Å². The van der Waals surface area contributed by atoms with E-state index in [0.29, 0.717) is 10.8 Å². The topological polar surface area (TPSA) is 66.8 Å². The van der Waals surface area contributed by atoms with Crippen molar-refractivity contribution < 1.29 is 18.3 Å². The maximum Gasteiger partial charge on any atom is 0.252 e. The molecule has 0 aliphatic carbocycles. The minimum Gasteiger partial charge on any atom is -0.394 e. The third kappa shape index (κ3) is 3.20. The van der Waals surface area contributed by atoms with E-state index in [0.717, 1.165) is 9.35 Å². The number of aryl methyl sites for hydroxylation is 1. The van der Waals surface area contributed by atoms with Gasteiger partial charge in [-0.1, -0.05) is 0 Å². The fraction of sp³-hybridized carbons (Fsp3) is 0.636. The van der Waals surface area contributed by atoms with Crippen LogP contribution in [0, 0.1) is 6.92 Å². The third-order valence-corrected chi connectivity index (χ3v) is 7.34. The third-order valence-electron chi connectivity index (χ3n) is 2.93. The molecule has 0 amide bonds. The monoisotopic (exact) mass is 369 g/mol. The molecule has 2 unspecified atom stereocenters. The Morgan fingerprint density at radius 3 is 2.79 bits per heavy atom. The standard InChI is InChI=1S/C11H16BrNO4S2/c1-7-3-10(18-11(7)12)19(15,16)13-4-8(2)17-9(5-13)6-14/h3,8-9,14H,4-6H2,1-2H3. The van der Waals surface area contributed by atoms with Crippen molar-refractivity contribution in [2.45, 2.75) is 30.3 Å². The fourth-order valence-corrected chi connectivity index (χ4v) is 5.91. The van der Waals surface area contributed by atoms with E-state index in [4.69, 9.17) is 9.84 Å². The number of sulfonamides is 1. The van der Waals surface area contributed by atoms with Crippen LogP contribution in [0.4, 0.5) is 0 Å². The molecule has 1 N–H and O–H groups in total. The predicted octanol–water partition coefficient (Wildman–Crippen LogP) is 1.59. The quantitative estimate of drug-likeness (QED) is 0.878. The highest BCUT2D eigenvalue weighted by Gasteiger charge is 2.34. The minimum absolute atomic E-state index is 0.177. The number of aliphatic hydroxyl groups is 1. The van der Waals surface area contributed by atoms with Gasteiger partial charge >= 0.3 is 0 Å². The van der Waals surface area contributed by atoms with Crippen molar-refractivity contribution >= 4 is 37.3 Å². The number of morpholine rings is 1. The van der Waals surface area contributed by atoms with Crippen LogP contribution in [0.2, 0.25) is 0 Å². The normalized spacial score (nSPS) is 25.7. The summed E-state index contributed by atoms with van der Waals surface area (Å²) in [6.07, 6.45) is -0.673. The van der Waals surface area contributed by atoms with Gasteiger partial charge < -0.3 is 9.84 Å². The summed E-state index contributed by atoms with van der Waals surface area (Å²) < 4.78 is 33.1. The van der Waals surface area contributed by atoms with E-state index >= 15 is 0 Å². The Bertz CT molecular complexity index is 538. The molecule has 2 atom stereocenters. The van der Waals surface area contributed by atoms with Gasteiger partial charge in [0, 0.05) is 13.1 Å². The number of hydrogen-bond acceptors (Lipinski definition) is 5. The Morgan fingerprint density at radius 2 is 2.26 bits per heavy atom. The van der Waals surface area contributed by atoms with Crippen LogP contribution in [0.15, 0.2) is 14.1 Å². The number of thiophene rings is 1. The van der Waals surface area contributed by atoms with E-state index in [2.05, 4.69) is 15.9 Å². The lowest BCUT2D eigenvalue weighted by atomic mass is 10.2. The molecule has 2 rings (SSSR count). The average molecular weight is 370 g/mol. The van der Waals surface area contributed by atoms with Crippen molar-refractivity contribution in [2.75, 3.05) is 19.7 Å². The molecule has 8 heteroatoms. The second-order valence-electron chi connectivity index (χ2n) is 4.60. The zero-order chi connectivity index (χ0) is 14.2. The maximum atomic E-state index is 12.5. The highest BCUT2D eigenvalue weighted by Crippen LogP contribution is 2.33. The first kappa shape index (κ1) is 15.4. The van der Waals surface area contributed by atoms with Crippen molar-refractivity contribution in [3.8, 4) is 0 Å². The second kappa shape index (κ2) is 5.79. The summed E-state index contributed by atoms with van der Waals surface area (Å²) in [7, 11) is -3.51. The Kier molecular flexibility index (Phi) is 4.69. The van der Waals surface area contributed by atoms with E-state index < -0.39 is 16.1 Å². The van der Waals surface area contributed by atoms with Crippen LogP contribution in [-0.4, -0.2) is 49.7 Å². The lowest BCUT2D eigenvalue weighted by molar-refractivity contribution is -0.0750. The molecule has 0 saturated carbocycles. The number of ether oxygens (including phenoxy) is 1. The molecule has 0 aromatic carbocycles. The van der Waals surface area contributed by atoms with Crippen LogP contribution in [0.25, 0.3) is 0 Å². The summed E-state index contributed by atoms with van der Waals surface area (Å²) in [5.74, 6) is 0. The summed E-state index contributed by atoms with van der Waals surface area (Å²) >= 11 is 4.55. The summed E-state index contributed by atoms with van der Waals surface area (Å²) in [4.78, 5) is 0. The van der Waals surface area contributed by atoms with Gasteiger partial charge in [-0.2, -0.15) is 4.31 Å². The van der Waals surface area contributed by atoms with Gasteiger partial charge in [-0.15, -0.1) is 11.3 Å². The molecule has 19 heavy (non-hydrogen) atoms. The lowest BCUT2D eigenvalue weighted by Crippen LogP contribution is -2.50. The zero-order valence-corrected chi connectivity index (χ0v) is 13.9. The largest absolute Gasteiger partial charge is 0.394 e. The second-order valence-corrected chi connectivity index (χ2v) is 9.13. The minimum atomic E-state index is -3.51. The van der Waals surface area contributed by atoms with Gasteiger partial charge in [0.15, 0.2) is 0 Å². The zero-order valence-electron chi connectivity index (χ0n) is 10.7. The number of halogens is 1. The number of hydrogen-bond donors (Lipinski definition) is 1. The van der Waals surface area contributed by atoms with Crippen LogP contribution in [-0.2, 0) is 14.8 Å². The van der Waals surface area contributed by atoms with Gasteiger partial charge in [0.2, 0.25) is 0 Å². The van der Waals surface area contributed by atoms with Crippen molar-refractivity contribution in [3.63, 3.8) is 0 Å². The molecule has 2 heterocycles. The molecule has 0 bridgehead atoms. The number of aliphatic hydroxyl groups excluding tert-OH is 1. The van der Waals surface area contributed by atoms with Gasteiger partial charge in [0.25, 0.3) is 10.0 Å². The van der Waals surface area contributed by atoms with Gasteiger partial charge in [-0.25, -0.2) is 8.42 Å². The maximum absolute atomic E-state index is 12.5. The molecule has 0 spiro atoms. The molecule has 1 aliphatic heterocycles. The highest BCUT2D eigenvalue weighted by atomic mass is 79.9. The molecule has 0 radical (unpaired) electrons. The Hall–Kier alpha value is 0.01000. The molecular weight excluding hydrogens is 354 g/mol. The highest BCUT2D eigenvalue weighted by molar-refractivity contribution is 9.11. The van der Waals surface area contributed by atoms with Gasteiger partial charge in [0.1, 0.15) is 4.21 Å². The van der Waals surface area contributed by atoms with E-state index in [-0.39, 0.29) is 19.3 Å². The molecule has 1 saturated heterocycles. The first-order valence-electron chi connectivity index (χ1n) is 5.87. The van der Waals surface area contributed by atoms with Crippen LogP contribution in [0.3, 0.4) is 0 Å². The smallest absolute Gasteiger partial charge is 0.252 e. The Labute approximate surface area is 125 Å². The van der Waals surface area contributed by atoms with Gasteiger partial charge in [-0.3, -0.25) is 0 Å². The van der Waals surface area contributed by atoms with Crippen LogP contribution in [0.1, 0.15) is 12.5 Å². The summed E-state index contributed by atoms with van der Waals surface area (Å²) in [5, 5.41) is 9.16. The summed E-state index contributed by atoms with van der Waals surface area (Å²) in [6.45, 7) is 3.99. The van der Waals surface area contributed by atoms with Crippen LogP contribution in [0.5, 0.6) is 0 Å². The molecule has 1 aliphatic rings. The Morgan fingerprint density at radius 1 is 1.58 bits per heavy atom. The molecule has 1 aromatic rings. The summed E-state index contributed by atoms with van der Waals surface area (Å²) in [6, 6.07) is 1.66. The average Bonchev–Trinajstić information content (AvgIpc) is 2.69. The van der Waals surface area contributed by atoms with Crippen molar-refractivity contribution in [2.24, 2.45) is 0 Å².